The summed E-state index contributed by atoms with van der Waals surface area (Å²) in [6, 6.07) is 16.9. The number of aryl methyl sites for hydroxylation is 1. The van der Waals surface area contributed by atoms with Crippen LogP contribution in [-0.4, -0.2) is 55.2 Å². The van der Waals surface area contributed by atoms with Gasteiger partial charge in [0.15, 0.2) is 5.17 Å². The summed E-state index contributed by atoms with van der Waals surface area (Å²) >= 11 is 1.50. The summed E-state index contributed by atoms with van der Waals surface area (Å²) in [7, 11) is 0. The molecule has 0 spiro atoms. The zero-order valence-electron chi connectivity index (χ0n) is 18.5. The van der Waals surface area contributed by atoms with Gasteiger partial charge in [-0.05, 0) is 67.9 Å². The van der Waals surface area contributed by atoms with Crippen molar-refractivity contribution in [3.05, 3.63) is 64.6 Å². The van der Waals surface area contributed by atoms with Gasteiger partial charge in [0.1, 0.15) is 0 Å². The molecule has 2 heterocycles. The van der Waals surface area contributed by atoms with E-state index in [1.165, 1.54) is 28.7 Å². The molecule has 2 aromatic carbocycles. The van der Waals surface area contributed by atoms with Crippen LogP contribution in [0.25, 0.3) is 6.08 Å². The highest BCUT2D eigenvalue weighted by atomic mass is 32.2. The van der Waals surface area contributed by atoms with Gasteiger partial charge in [-0.25, -0.2) is 0 Å². The topological polar surface area (TPSA) is 39.1 Å². The highest BCUT2D eigenvalue weighted by molar-refractivity contribution is 8.18. The van der Waals surface area contributed by atoms with Crippen LogP contribution in [0.5, 0.6) is 0 Å². The average molecular weight is 435 g/mol. The molecule has 0 bridgehead atoms. The van der Waals surface area contributed by atoms with Crippen LogP contribution >= 0.6 is 11.8 Å². The van der Waals surface area contributed by atoms with Crippen LogP contribution in [-0.2, 0) is 4.79 Å². The Morgan fingerprint density at radius 2 is 1.61 bits per heavy atom. The van der Waals surface area contributed by atoms with Crippen molar-refractivity contribution < 1.29 is 4.79 Å². The molecule has 1 amide bonds. The molecule has 0 atom stereocenters. The lowest BCUT2D eigenvalue weighted by atomic mass is 10.1. The number of thioether (sulfide) groups is 1. The van der Waals surface area contributed by atoms with Crippen molar-refractivity contribution in [1.29, 1.82) is 0 Å². The number of nitrogens with zero attached hydrogens (tertiary/aromatic N) is 4. The van der Waals surface area contributed by atoms with E-state index in [-0.39, 0.29) is 5.91 Å². The number of amides is 1. The second-order valence-electron chi connectivity index (χ2n) is 7.83. The van der Waals surface area contributed by atoms with Gasteiger partial charge in [0.2, 0.25) is 0 Å². The van der Waals surface area contributed by atoms with Crippen LogP contribution in [0.15, 0.2) is 58.4 Å². The smallest absolute Gasteiger partial charge is 0.286 e. The second-order valence-corrected chi connectivity index (χ2v) is 8.84. The van der Waals surface area contributed by atoms with Gasteiger partial charge in [-0.2, -0.15) is 4.99 Å². The van der Waals surface area contributed by atoms with Crippen LogP contribution < -0.4 is 9.80 Å². The number of para-hydroxylation sites is 1. The van der Waals surface area contributed by atoms with Gasteiger partial charge in [-0.3, -0.25) is 4.79 Å². The minimum absolute atomic E-state index is 0.130. The number of piperazine rings is 1. The highest BCUT2D eigenvalue weighted by Crippen LogP contribution is 2.31. The molecular weight excluding hydrogens is 404 g/mol. The molecule has 6 heteroatoms. The Morgan fingerprint density at radius 3 is 2.26 bits per heavy atom. The van der Waals surface area contributed by atoms with E-state index in [4.69, 9.17) is 0 Å². The quantitative estimate of drug-likeness (QED) is 0.642. The van der Waals surface area contributed by atoms with Gasteiger partial charge >= 0.3 is 0 Å². The van der Waals surface area contributed by atoms with E-state index in [1.54, 1.807) is 0 Å². The van der Waals surface area contributed by atoms with Gasteiger partial charge < -0.3 is 14.7 Å². The normalized spacial score (nSPS) is 18.0. The van der Waals surface area contributed by atoms with Crippen LogP contribution in [0.4, 0.5) is 11.4 Å². The van der Waals surface area contributed by atoms with Gasteiger partial charge in [0.25, 0.3) is 5.91 Å². The van der Waals surface area contributed by atoms with E-state index in [9.17, 15) is 4.79 Å². The van der Waals surface area contributed by atoms with E-state index >= 15 is 0 Å². The molecule has 0 radical (unpaired) electrons. The van der Waals surface area contributed by atoms with Crippen molar-refractivity contribution >= 4 is 40.3 Å². The predicted molar refractivity (Wildman–Crippen MR) is 133 cm³/mol. The van der Waals surface area contributed by atoms with Crippen molar-refractivity contribution in [2.75, 3.05) is 49.1 Å². The highest BCUT2D eigenvalue weighted by Gasteiger charge is 2.28. The summed E-state index contributed by atoms with van der Waals surface area (Å²) in [5.74, 6) is -0.130. The molecule has 0 unspecified atom stereocenters. The number of carbonyl (C=O) groups excluding carboxylic acids is 1. The maximum atomic E-state index is 12.5. The summed E-state index contributed by atoms with van der Waals surface area (Å²) < 4.78 is 0. The van der Waals surface area contributed by atoms with E-state index in [0.717, 1.165) is 50.0 Å². The number of rotatable bonds is 5. The summed E-state index contributed by atoms with van der Waals surface area (Å²) in [5.41, 5.74) is 4.84. The van der Waals surface area contributed by atoms with Crippen molar-refractivity contribution in [1.82, 2.24) is 4.90 Å². The molecule has 5 nitrogen and oxygen atoms in total. The number of benzene rings is 2. The summed E-state index contributed by atoms with van der Waals surface area (Å²) in [5, 5.41) is 0.834. The van der Waals surface area contributed by atoms with Gasteiger partial charge in [0.05, 0.1) is 4.91 Å². The minimum Gasteiger partial charge on any atom is -0.372 e. The number of amidine groups is 1. The number of anilines is 2. The molecule has 0 saturated carbocycles. The lowest BCUT2D eigenvalue weighted by molar-refractivity contribution is -0.113. The average Bonchev–Trinajstić information content (AvgIpc) is 3.16. The predicted octanol–water partition coefficient (Wildman–Crippen LogP) is 4.63. The fraction of sp³-hybridized carbons (Fsp3) is 0.360. The van der Waals surface area contributed by atoms with E-state index < -0.39 is 0 Å². The first-order valence-corrected chi connectivity index (χ1v) is 11.8. The standard InChI is InChI=1S/C25H30N4OS/c1-4-27(5-2)21-12-10-20(11-13-21)18-23-24(30)26-25(31-23)29-16-14-28(15-17-29)22-9-7-6-8-19(22)3/h6-13,18H,4-5,14-17H2,1-3H3. The number of aliphatic imine (C=N–C) groups is 1. The third-order valence-electron chi connectivity index (χ3n) is 5.93. The molecule has 0 N–H and O–H groups in total. The minimum atomic E-state index is -0.130. The van der Waals surface area contributed by atoms with Crippen LogP contribution in [0.1, 0.15) is 25.0 Å². The first-order chi connectivity index (χ1) is 15.1. The summed E-state index contributed by atoms with van der Waals surface area (Å²) in [6.45, 7) is 12.1. The molecule has 2 aliphatic heterocycles. The lowest BCUT2D eigenvalue weighted by Gasteiger charge is -2.37. The largest absolute Gasteiger partial charge is 0.372 e. The third kappa shape index (κ3) is 4.79. The van der Waals surface area contributed by atoms with E-state index in [0.29, 0.717) is 4.91 Å². The maximum absolute atomic E-state index is 12.5. The van der Waals surface area contributed by atoms with E-state index in [2.05, 4.69) is 89.0 Å². The Hall–Kier alpha value is -2.73. The molecule has 2 aromatic rings. The fourth-order valence-corrected chi connectivity index (χ4v) is 5.08. The van der Waals surface area contributed by atoms with Gasteiger partial charge in [-0.1, -0.05) is 30.3 Å². The Morgan fingerprint density at radius 1 is 0.968 bits per heavy atom. The lowest BCUT2D eigenvalue weighted by Crippen LogP contribution is -2.48. The van der Waals surface area contributed by atoms with Crippen molar-refractivity contribution in [3.8, 4) is 0 Å². The molecule has 162 valence electrons. The monoisotopic (exact) mass is 434 g/mol. The first kappa shape index (κ1) is 21.5. The Balaban J connectivity index is 1.38. The fourth-order valence-electron chi connectivity index (χ4n) is 4.11. The molecule has 0 aromatic heterocycles. The molecule has 31 heavy (non-hydrogen) atoms. The second kappa shape index (κ2) is 9.60. The summed E-state index contributed by atoms with van der Waals surface area (Å²) in [4.78, 5) is 24.5. The molecular formula is C25H30N4OS. The van der Waals surface area contributed by atoms with Crippen LogP contribution in [0.3, 0.4) is 0 Å². The van der Waals surface area contributed by atoms with Crippen molar-refractivity contribution in [3.63, 3.8) is 0 Å². The number of carbonyl (C=O) groups is 1. The van der Waals surface area contributed by atoms with E-state index in [1.807, 2.05) is 6.08 Å². The first-order valence-electron chi connectivity index (χ1n) is 11.0. The van der Waals surface area contributed by atoms with Crippen LogP contribution in [0.2, 0.25) is 0 Å². The Kier molecular flexibility index (Phi) is 6.66. The number of hydrogen-bond acceptors (Lipinski definition) is 5. The molecule has 2 aliphatic rings. The molecule has 0 aliphatic carbocycles. The Labute approximate surface area is 189 Å². The van der Waals surface area contributed by atoms with Crippen molar-refractivity contribution in [2.24, 2.45) is 4.99 Å². The van der Waals surface area contributed by atoms with Crippen molar-refractivity contribution in [2.45, 2.75) is 20.8 Å². The zero-order valence-corrected chi connectivity index (χ0v) is 19.4. The molecule has 1 saturated heterocycles. The Bertz CT molecular complexity index is 987. The van der Waals surface area contributed by atoms with Gasteiger partial charge in [-0.15, -0.1) is 0 Å². The number of hydrogen-bond donors (Lipinski definition) is 0. The third-order valence-corrected chi connectivity index (χ3v) is 6.98. The SMILES string of the molecule is CCN(CC)c1ccc(C=C2SC(N3CCN(c4ccccc4C)CC3)=NC2=O)cc1. The zero-order chi connectivity index (χ0) is 21.8. The van der Waals surface area contributed by atoms with Gasteiger partial charge in [0, 0.05) is 50.6 Å². The maximum Gasteiger partial charge on any atom is 0.286 e. The molecule has 1 fully saturated rings. The summed E-state index contributed by atoms with van der Waals surface area (Å²) in [6.07, 6.45) is 1.96. The van der Waals surface area contributed by atoms with Crippen LogP contribution in [0, 0.1) is 6.92 Å². The molecule has 4 rings (SSSR count).